The van der Waals surface area contributed by atoms with Crippen molar-refractivity contribution in [3.05, 3.63) is 71.8 Å². The molecule has 0 spiro atoms. The molecule has 0 saturated carbocycles. The summed E-state index contributed by atoms with van der Waals surface area (Å²) in [6.07, 6.45) is 1.07. The molecule has 4 heteroatoms. The summed E-state index contributed by atoms with van der Waals surface area (Å²) in [5.41, 5.74) is 3.36. The highest BCUT2D eigenvalue weighted by Crippen LogP contribution is 2.09. The number of rotatable bonds is 8. The van der Waals surface area contributed by atoms with E-state index >= 15 is 0 Å². The van der Waals surface area contributed by atoms with Crippen molar-refractivity contribution in [2.75, 3.05) is 39.4 Å². The fourth-order valence-electron chi connectivity index (χ4n) is 3.20. The summed E-state index contributed by atoms with van der Waals surface area (Å²) in [5, 5.41) is 10.4. The van der Waals surface area contributed by atoms with Crippen LogP contribution in [0, 0.1) is 0 Å². The van der Waals surface area contributed by atoms with Crippen molar-refractivity contribution in [2.45, 2.75) is 18.9 Å². The Morgan fingerprint density at radius 3 is 2.35 bits per heavy atom. The van der Waals surface area contributed by atoms with Crippen LogP contribution in [0.3, 0.4) is 0 Å². The fourth-order valence-corrected chi connectivity index (χ4v) is 3.20. The van der Waals surface area contributed by atoms with Gasteiger partial charge in [-0.05, 0) is 11.1 Å². The number of benzene rings is 2. The SMILES string of the molecule is O[C@@H](CN=C(CCN1CCOCC1)c1ccccc1)Cc1ccccc1. The molecule has 1 N–H and O–H groups in total. The van der Waals surface area contributed by atoms with Gasteiger partial charge in [-0.2, -0.15) is 0 Å². The van der Waals surface area contributed by atoms with Gasteiger partial charge in [-0.1, -0.05) is 60.7 Å². The fraction of sp³-hybridized carbons (Fsp3) is 0.409. The Balaban J connectivity index is 1.61. The number of hydrogen-bond acceptors (Lipinski definition) is 4. The Labute approximate surface area is 156 Å². The third-order valence-electron chi connectivity index (χ3n) is 4.68. The molecule has 138 valence electrons. The second-order valence-electron chi connectivity index (χ2n) is 6.70. The molecule has 0 bridgehead atoms. The molecular formula is C22H28N2O2. The molecule has 0 unspecified atom stereocenters. The van der Waals surface area contributed by atoms with Crippen molar-refractivity contribution in [1.82, 2.24) is 4.90 Å². The summed E-state index contributed by atoms with van der Waals surface area (Å²) in [5.74, 6) is 0. The minimum atomic E-state index is -0.459. The Kier molecular flexibility index (Phi) is 7.37. The lowest BCUT2D eigenvalue weighted by molar-refractivity contribution is 0.0392. The molecule has 2 aromatic rings. The van der Waals surface area contributed by atoms with Crippen molar-refractivity contribution in [2.24, 2.45) is 4.99 Å². The van der Waals surface area contributed by atoms with Crippen LogP contribution in [0.4, 0.5) is 0 Å². The molecule has 1 heterocycles. The zero-order valence-electron chi connectivity index (χ0n) is 15.3. The van der Waals surface area contributed by atoms with Crippen molar-refractivity contribution < 1.29 is 9.84 Å². The highest BCUT2D eigenvalue weighted by atomic mass is 16.5. The Morgan fingerprint density at radius 2 is 1.65 bits per heavy atom. The van der Waals surface area contributed by atoms with Gasteiger partial charge in [0.1, 0.15) is 0 Å². The van der Waals surface area contributed by atoms with E-state index in [-0.39, 0.29) is 0 Å². The number of nitrogens with zero attached hydrogens (tertiary/aromatic N) is 2. The van der Waals surface area contributed by atoms with Gasteiger partial charge < -0.3 is 9.84 Å². The number of aliphatic hydroxyl groups is 1. The van der Waals surface area contributed by atoms with E-state index in [1.165, 1.54) is 0 Å². The normalized spacial score (nSPS) is 17.2. The van der Waals surface area contributed by atoms with E-state index in [1.54, 1.807) is 0 Å². The lowest BCUT2D eigenvalue weighted by Gasteiger charge is -2.26. The molecule has 1 saturated heterocycles. The summed E-state index contributed by atoms with van der Waals surface area (Å²) >= 11 is 0. The van der Waals surface area contributed by atoms with Crippen LogP contribution in [0.1, 0.15) is 17.5 Å². The number of aliphatic imine (C=N–C) groups is 1. The molecule has 1 aliphatic rings. The first-order valence-electron chi connectivity index (χ1n) is 9.42. The topological polar surface area (TPSA) is 45.1 Å². The van der Waals surface area contributed by atoms with E-state index in [0.717, 1.165) is 56.1 Å². The summed E-state index contributed by atoms with van der Waals surface area (Å²) in [4.78, 5) is 7.20. The van der Waals surface area contributed by atoms with Gasteiger partial charge in [0.2, 0.25) is 0 Å². The molecule has 2 aromatic carbocycles. The minimum Gasteiger partial charge on any atom is -0.391 e. The van der Waals surface area contributed by atoms with Gasteiger partial charge in [-0.3, -0.25) is 9.89 Å². The third-order valence-corrected chi connectivity index (χ3v) is 4.68. The van der Waals surface area contributed by atoms with Crippen LogP contribution < -0.4 is 0 Å². The number of morpholine rings is 1. The number of aliphatic hydroxyl groups excluding tert-OH is 1. The maximum Gasteiger partial charge on any atom is 0.0775 e. The number of ether oxygens (including phenoxy) is 1. The molecule has 4 nitrogen and oxygen atoms in total. The van der Waals surface area contributed by atoms with Crippen LogP contribution >= 0.6 is 0 Å². The zero-order valence-corrected chi connectivity index (χ0v) is 15.3. The first kappa shape index (κ1) is 18.8. The van der Waals surface area contributed by atoms with E-state index in [1.807, 2.05) is 48.5 Å². The average molecular weight is 352 g/mol. The van der Waals surface area contributed by atoms with Crippen LogP contribution in [0.5, 0.6) is 0 Å². The summed E-state index contributed by atoms with van der Waals surface area (Å²) in [6.45, 7) is 5.01. The molecule has 0 amide bonds. The van der Waals surface area contributed by atoms with Crippen LogP contribution in [-0.4, -0.2) is 61.2 Å². The van der Waals surface area contributed by atoms with Crippen LogP contribution in [-0.2, 0) is 11.2 Å². The second kappa shape index (κ2) is 10.2. The smallest absolute Gasteiger partial charge is 0.0775 e. The highest BCUT2D eigenvalue weighted by molar-refractivity contribution is 6.00. The van der Waals surface area contributed by atoms with Gasteiger partial charge >= 0.3 is 0 Å². The van der Waals surface area contributed by atoms with E-state index in [0.29, 0.717) is 13.0 Å². The van der Waals surface area contributed by atoms with Crippen LogP contribution in [0.2, 0.25) is 0 Å². The Hall–Kier alpha value is -2.01. The van der Waals surface area contributed by atoms with Gasteiger partial charge in [0.25, 0.3) is 0 Å². The highest BCUT2D eigenvalue weighted by Gasteiger charge is 2.13. The largest absolute Gasteiger partial charge is 0.391 e. The first-order chi connectivity index (χ1) is 12.8. The second-order valence-corrected chi connectivity index (χ2v) is 6.70. The van der Waals surface area contributed by atoms with Crippen molar-refractivity contribution >= 4 is 5.71 Å². The Morgan fingerprint density at radius 1 is 1.00 bits per heavy atom. The van der Waals surface area contributed by atoms with Crippen LogP contribution in [0.25, 0.3) is 0 Å². The molecule has 1 fully saturated rings. The van der Waals surface area contributed by atoms with E-state index in [9.17, 15) is 5.11 Å². The molecule has 0 radical (unpaired) electrons. The number of hydrogen-bond donors (Lipinski definition) is 1. The van der Waals surface area contributed by atoms with Crippen molar-refractivity contribution in [1.29, 1.82) is 0 Å². The first-order valence-corrected chi connectivity index (χ1v) is 9.42. The molecule has 26 heavy (non-hydrogen) atoms. The zero-order chi connectivity index (χ0) is 18.0. The Bertz CT molecular complexity index is 667. The van der Waals surface area contributed by atoms with Gasteiger partial charge in [-0.15, -0.1) is 0 Å². The average Bonchev–Trinajstić information content (AvgIpc) is 2.70. The summed E-state index contributed by atoms with van der Waals surface area (Å²) in [7, 11) is 0. The van der Waals surface area contributed by atoms with Crippen molar-refractivity contribution in [3.8, 4) is 0 Å². The molecule has 1 atom stereocenters. The molecule has 0 aliphatic carbocycles. The van der Waals surface area contributed by atoms with Crippen LogP contribution in [0.15, 0.2) is 65.7 Å². The third kappa shape index (κ3) is 6.06. The summed E-state index contributed by atoms with van der Waals surface area (Å²) in [6, 6.07) is 20.4. The molecule has 3 rings (SSSR count). The van der Waals surface area contributed by atoms with Crippen molar-refractivity contribution in [3.63, 3.8) is 0 Å². The van der Waals surface area contributed by atoms with Gasteiger partial charge in [0.05, 0.1) is 25.9 Å². The molecule has 0 aromatic heterocycles. The minimum absolute atomic E-state index is 0.433. The van der Waals surface area contributed by atoms with E-state index < -0.39 is 6.10 Å². The predicted molar refractivity (Wildman–Crippen MR) is 106 cm³/mol. The lowest BCUT2D eigenvalue weighted by Crippen LogP contribution is -2.37. The monoisotopic (exact) mass is 352 g/mol. The van der Waals surface area contributed by atoms with Gasteiger partial charge in [0.15, 0.2) is 0 Å². The standard InChI is InChI=1S/C22H28N2O2/c25-21(17-19-7-3-1-4-8-19)18-23-22(20-9-5-2-6-10-20)11-12-24-13-15-26-16-14-24/h1-10,21,25H,11-18H2/t21-/m1/s1. The lowest BCUT2D eigenvalue weighted by atomic mass is 10.1. The molecular weight excluding hydrogens is 324 g/mol. The van der Waals surface area contributed by atoms with E-state index in [2.05, 4.69) is 17.0 Å². The van der Waals surface area contributed by atoms with Gasteiger partial charge in [-0.25, -0.2) is 0 Å². The predicted octanol–water partition coefficient (Wildman–Crippen LogP) is 2.80. The molecule has 1 aliphatic heterocycles. The quantitative estimate of drug-likeness (QED) is 0.743. The van der Waals surface area contributed by atoms with E-state index in [4.69, 9.17) is 9.73 Å². The summed E-state index contributed by atoms with van der Waals surface area (Å²) < 4.78 is 5.42. The van der Waals surface area contributed by atoms with Gasteiger partial charge in [0, 0.05) is 38.2 Å². The maximum absolute atomic E-state index is 10.4. The maximum atomic E-state index is 10.4.